The van der Waals surface area contributed by atoms with Crippen LogP contribution in [-0.2, 0) is 17.6 Å². The van der Waals surface area contributed by atoms with Gasteiger partial charge in [-0.2, -0.15) is 0 Å². The summed E-state index contributed by atoms with van der Waals surface area (Å²) in [6, 6.07) is 10.2. The van der Waals surface area contributed by atoms with E-state index in [1.807, 2.05) is 0 Å². The Bertz CT molecular complexity index is 1740. The summed E-state index contributed by atoms with van der Waals surface area (Å²) >= 11 is 2.69. The Morgan fingerprint density at radius 3 is 1.96 bits per heavy atom. The molecular weight excluding hydrogens is 661 g/mol. The number of rotatable bonds is 11. The van der Waals surface area contributed by atoms with Crippen molar-refractivity contribution in [2.45, 2.75) is 62.0 Å². The third-order valence-corrected chi connectivity index (χ3v) is 10.2. The number of nitrogens with zero attached hydrogens (tertiary/aromatic N) is 8. The molecule has 3 aliphatic rings. The highest BCUT2D eigenvalue weighted by Gasteiger charge is 2.45. The van der Waals surface area contributed by atoms with Crippen LogP contribution in [-0.4, -0.2) is 85.6 Å². The van der Waals surface area contributed by atoms with E-state index >= 15 is 0 Å². The van der Waals surface area contributed by atoms with Gasteiger partial charge < -0.3 is 25.5 Å². The molecule has 2 saturated heterocycles. The fourth-order valence-corrected chi connectivity index (χ4v) is 7.75. The van der Waals surface area contributed by atoms with Crippen LogP contribution in [0.2, 0.25) is 0 Å². The second kappa shape index (κ2) is 12.5. The second-order valence-electron chi connectivity index (χ2n) is 12.1. The smallest absolute Gasteiger partial charge is 0.282 e. The molecule has 0 radical (unpaired) electrons. The lowest BCUT2D eigenvalue weighted by Gasteiger charge is -2.39. The lowest BCUT2D eigenvalue weighted by atomic mass is 10.1. The summed E-state index contributed by atoms with van der Waals surface area (Å²) in [6.07, 6.45) is 1.69. The van der Waals surface area contributed by atoms with Crippen molar-refractivity contribution in [2.75, 3.05) is 46.6 Å². The number of hydrogen-bond donors (Lipinski definition) is 3. The van der Waals surface area contributed by atoms with Gasteiger partial charge in [-0.05, 0) is 43.5 Å². The number of hydrogen-bond acceptors (Lipinski definition) is 13. The molecule has 4 aromatic heterocycles. The molecular formula is C29H30F4N10O2S2. The van der Waals surface area contributed by atoms with Gasteiger partial charge in [0.2, 0.25) is 16.2 Å². The summed E-state index contributed by atoms with van der Waals surface area (Å²) in [4.78, 5) is 24.4. The van der Waals surface area contributed by atoms with Gasteiger partial charge in [0, 0.05) is 24.0 Å². The zero-order valence-electron chi connectivity index (χ0n) is 24.8. The standard InChI is InChI=1S/C29H30F4N10O2S2/c30-28(31)12-42(13-28)20-5-1-3-18(34-20)10-22(44)36-26-40-38-24(46-26)16-7-8-17(9-16)25-39-41-27(47-25)37-23(45)11-19-4-2-6-21(35-19)43-14-29(32,33)15-43/h1-6,16-17,22,44H,7-15H2,(H,36,40)(H,37,41,45)/t16-,17-,22?/m0/s1. The van der Waals surface area contributed by atoms with Gasteiger partial charge in [0.25, 0.3) is 11.8 Å². The predicted molar refractivity (Wildman–Crippen MR) is 168 cm³/mol. The second-order valence-corrected chi connectivity index (χ2v) is 14.1. The number of alkyl halides is 4. The molecule has 3 atom stereocenters. The minimum absolute atomic E-state index is 0.0242. The Balaban J connectivity index is 0.881. The lowest BCUT2D eigenvalue weighted by molar-refractivity contribution is -0.115. The Morgan fingerprint density at radius 2 is 1.36 bits per heavy atom. The summed E-state index contributed by atoms with van der Waals surface area (Å²) in [7, 11) is 0. The Morgan fingerprint density at radius 1 is 0.830 bits per heavy atom. The molecule has 3 fully saturated rings. The molecule has 0 aromatic carbocycles. The maximum absolute atomic E-state index is 13.2. The van der Waals surface area contributed by atoms with Gasteiger partial charge in [0.15, 0.2) is 0 Å². The van der Waals surface area contributed by atoms with Crippen LogP contribution in [0.5, 0.6) is 0 Å². The van der Waals surface area contributed by atoms with Crippen LogP contribution >= 0.6 is 22.7 Å². The summed E-state index contributed by atoms with van der Waals surface area (Å²) in [5, 5.41) is 35.8. The fraction of sp³-hybridized carbons (Fsp3) is 0.483. The number of pyridine rings is 2. The maximum Gasteiger partial charge on any atom is 0.282 e. The van der Waals surface area contributed by atoms with E-state index < -0.39 is 18.1 Å². The number of carbonyl (C=O) groups excluding carboxylic acids is 1. The Labute approximate surface area is 274 Å². The number of carbonyl (C=O) groups is 1. The van der Waals surface area contributed by atoms with Crippen LogP contribution < -0.4 is 20.4 Å². The molecule has 7 rings (SSSR count). The van der Waals surface area contributed by atoms with Gasteiger partial charge in [0.05, 0.1) is 38.3 Å². The van der Waals surface area contributed by atoms with Crippen LogP contribution in [0, 0.1) is 0 Å². The monoisotopic (exact) mass is 690 g/mol. The molecule has 6 heterocycles. The SMILES string of the molecule is O=C(Cc1cccc(N2CC(F)(F)C2)n1)Nc1nnc([C@H]2CC[C@H](c3nnc(NC(O)Cc4cccc(N5CC(F)(F)C5)n4)s3)C2)s1. The van der Waals surface area contributed by atoms with Crippen molar-refractivity contribution in [2.24, 2.45) is 0 Å². The topological polar surface area (TPSA) is 145 Å². The molecule has 1 amide bonds. The van der Waals surface area contributed by atoms with Crippen molar-refractivity contribution >= 4 is 50.5 Å². The number of aliphatic hydroxyl groups excluding tert-OH is 1. The molecule has 1 saturated carbocycles. The first-order valence-corrected chi connectivity index (χ1v) is 16.7. The lowest BCUT2D eigenvalue weighted by Crippen LogP contribution is -2.56. The highest BCUT2D eigenvalue weighted by atomic mass is 32.1. The van der Waals surface area contributed by atoms with E-state index in [0.717, 1.165) is 29.3 Å². The van der Waals surface area contributed by atoms with E-state index in [1.165, 1.54) is 32.5 Å². The van der Waals surface area contributed by atoms with Crippen LogP contribution in [0.25, 0.3) is 0 Å². The first kappa shape index (κ1) is 31.6. The fourth-order valence-electron chi connectivity index (χ4n) is 5.90. The van der Waals surface area contributed by atoms with Gasteiger partial charge in [0.1, 0.15) is 27.9 Å². The Kier molecular flexibility index (Phi) is 8.42. The van der Waals surface area contributed by atoms with Crippen LogP contribution in [0.4, 0.5) is 39.5 Å². The predicted octanol–water partition coefficient (Wildman–Crippen LogP) is 4.30. The Hall–Kier alpha value is -4.03. The number of halogens is 4. The molecule has 3 N–H and O–H groups in total. The third-order valence-electron chi connectivity index (χ3n) is 8.21. The van der Waals surface area contributed by atoms with E-state index in [9.17, 15) is 27.5 Å². The largest absolute Gasteiger partial charge is 0.373 e. The number of aromatic nitrogens is 6. The van der Waals surface area contributed by atoms with Crippen molar-refractivity contribution in [1.29, 1.82) is 0 Å². The highest BCUT2D eigenvalue weighted by Crippen LogP contribution is 2.46. The zero-order chi connectivity index (χ0) is 32.8. The van der Waals surface area contributed by atoms with Crippen molar-refractivity contribution in [3.05, 3.63) is 57.8 Å². The van der Waals surface area contributed by atoms with E-state index in [1.54, 1.807) is 36.4 Å². The van der Waals surface area contributed by atoms with E-state index in [4.69, 9.17) is 0 Å². The van der Waals surface area contributed by atoms with Crippen molar-refractivity contribution in [3.63, 3.8) is 0 Å². The number of nitrogens with one attached hydrogen (secondary N) is 2. The molecule has 47 heavy (non-hydrogen) atoms. The van der Waals surface area contributed by atoms with Gasteiger partial charge in [-0.1, -0.05) is 34.8 Å². The first-order valence-electron chi connectivity index (χ1n) is 15.1. The summed E-state index contributed by atoms with van der Waals surface area (Å²) in [5.74, 6) is -4.54. The van der Waals surface area contributed by atoms with E-state index in [-0.39, 0.29) is 56.8 Å². The summed E-state index contributed by atoms with van der Waals surface area (Å²) in [5.41, 5.74) is 1.04. The average molecular weight is 691 g/mol. The molecule has 1 aliphatic carbocycles. The van der Waals surface area contributed by atoms with E-state index in [0.29, 0.717) is 33.3 Å². The number of anilines is 4. The quantitative estimate of drug-likeness (QED) is 0.153. The normalized spacial score (nSPS) is 22.0. The minimum atomic E-state index is -2.71. The molecule has 248 valence electrons. The van der Waals surface area contributed by atoms with Crippen molar-refractivity contribution < 1.29 is 27.5 Å². The van der Waals surface area contributed by atoms with Gasteiger partial charge >= 0.3 is 0 Å². The molecule has 2 aliphatic heterocycles. The summed E-state index contributed by atoms with van der Waals surface area (Å²) in [6.45, 7) is -1.48. The summed E-state index contributed by atoms with van der Waals surface area (Å²) < 4.78 is 52.9. The molecule has 12 nitrogen and oxygen atoms in total. The molecule has 4 aromatic rings. The number of amides is 1. The van der Waals surface area contributed by atoms with Crippen molar-refractivity contribution in [3.8, 4) is 0 Å². The zero-order valence-corrected chi connectivity index (χ0v) is 26.5. The average Bonchev–Trinajstić information content (AvgIpc) is 3.76. The van der Waals surface area contributed by atoms with Gasteiger partial charge in [-0.3, -0.25) is 4.79 Å². The highest BCUT2D eigenvalue weighted by molar-refractivity contribution is 7.15. The van der Waals surface area contributed by atoms with Crippen molar-refractivity contribution in [1.82, 2.24) is 30.4 Å². The van der Waals surface area contributed by atoms with Gasteiger partial charge in [-0.25, -0.2) is 27.5 Å². The van der Waals surface area contributed by atoms with Crippen LogP contribution in [0.1, 0.15) is 52.5 Å². The molecule has 18 heteroatoms. The maximum atomic E-state index is 13.2. The van der Waals surface area contributed by atoms with Crippen LogP contribution in [0.15, 0.2) is 36.4 Å². The molecule has 0 bridgehead atoms. The molecule has 0 spiro atoms. The molecule has 1 unspecified atom stereocenters. The third kappa shape index (κ3) is 7.43. The van der Waals surface area contributed by atoms with E-state index in [2.05, 4.69) is 41.0 Å². The van der Waals surface area contributed by atoms with Crippen LogP contribution in [0.3, 0.4) is 0 Å². The van der Waals surface area contributed by atoms with Gasteiger partial charge in [-0.15, -0.1) is 20.4 Å². The first-order chi connectivity index (χ1) is 22.5. The minimum Gasteiger partial charge on any atom is -0.373 e. The number of aliphatic hydroxyl groups is 1.